The topological polar surface area (TPSA) is 247 Å². The van der Waals surface area contributed by atoms with E-state index in [-0.39, 0.29) is 26.2 Å². The predicted octanol–water partition coefficient (Wildman–Crippen LogP) is -5.56. The number of hydrogen-bond donors (Lipinski definition) is 3. The van der Waals surface area contributed by atoms with Crippen molar-refractivity contribution < 1.29 is 81.1 Å². The zero-order valence-corrected chi connectivity index (χ0v) is 18.9. The average Bonchev–Trinajstić information content (AvgIpc) is 2.78. The standard InChI is InChI=1S/2C7H5NO4.3CH4O.Zr/c2*9-6(10)4-2-1-3-5(8-4)7(11)12;3*1-2;/h2*1-3H,(H,9,10)(H,11,12);3*2H,1H3;/q;;;;;+4/p-4. The van der Waals surface area contributed by atoms with E-state index < -0.39 is 46.7 Å². The summed E-state index contributed by atoms with van der Waals surface area (Å²) in [6, 6.07) is 7.07. The molecule has 0 amide bonds. The van der Waals surface area contributed by atoms with Crippen molar-refractivity contribution in [2.24, 2.45) is 0 Å². The number of aliphatic hydroxyl groups is 3. The van der Waals surface area contributed by atoms with Crippen LogP contribution in [0.2, 0.25) is 0 Å². The summed E-state index contributed by atoms with van der Waals surface area (Å²) in [6.45, 7) is 0. The van der Waals surface area contributed by atoms with Crippen LogP contribution in [0.15, 0.2) is 36.4 Å². The van der Waals surface area contributed by atoms with Gasteiger partial charge in [-0.1, -0.05) is 12.1 Å². The summed E-state index contributed by atoms with van der Waals surface area (Å²) in [5, 5.41) is 61.8. The fourth-order valence-electron chi connectivity index (χ4n) is 1.32. The number of pyridine rings is 2. The molecule has 0 atom stereocenters. The van der Waals surface area contributed by atoms with Crippen molar-refractivity contribution in [3.8, 4) is 0 Å². The molecule has 0 bridgehead atoms. The van der Waals surface area contributed by atoms with E-state index in [1.807, 2.05) is 0 Å². The van der Waals surface area contributed by atoms with Crippen molar-refractivity contribution in [3.63, 3.8) is 0 Å². The number of nitrogens with zero attached hydrogens (tertiary/aromatic N) is 2. The second kappa shape index (κ2) is 21.6. The molecule has 0 aromatic carbocycles. The number of aromatic carboxylic acids is 4. The molecule has 0 spiro atoms. The molecule has 2 aromatic rings. The van der Waals surface area contributed by atoms with E-state index in [9.17, 15) is 39.6 Å². The van der Waals surface area contributed by atoms with Crippen LogP contribution >= 0.6 is 0 Å². The van der Waals surface area contributed by atoms with Gasteiger partial charge in [-0.3, -0.25) is 0 Å². The van der Waals surface area contributed by atoms with E-state index >= 15 is 0 Å². The van der Waals surface area contributed by atoms with Crippen LogP contribution in [0.4, 0.5) is 0 Å². The number of aliphatic hydroxyl groups excluding tert-OH is 3. The van der Waals surface area contributed by atoms with Crippen molar-refractivity contribution in [1.82, 2.24) is 9.97 Å². The number of carbonyl (C=O) groups is 4. The molecule has 0 unspecified atom stereocenters. The molecule has 0 fully saturated rings. The first-order valence-corrected chi connectivity index (χ1v) is 7.36. The summed E-state index contributed by atoms with van der Waals surface area (Å²) in [4.78, 5) is 47.3. The Balaban J connectivity index is -0.000000184. The number of carbonyl (C=O) groups excluding carboxylic acids is 4. The quantitative estimate of drug-likeness (QED) is 0.343. The Morgan fingerprint density at radius 2 is 0.710 bits per heavy atom. The van der Waals surface area contributed by atoms with E-state index in [0.29, 0.717) is 0 Å². The van der Waals surface area contributed by atoms with Crippen molar-refractivity contribution in [2.45, 2.75) is 0 Å². The van der Waals surface area contributed by atoms with Gasteiger partial charge in [-0.2, -0.15) is 0 Å². The molecular formula is C17H18N2O11Zr. The van der Waals surface area contributed by atoms with Crippen LogP contribution in [0.3, 0.4) is 0 Å². The van der Waals surface area contributed by atoms with Crippen LogP contribution < -0.4 is 20.4 Å². The van der Waals surface area contributed by atoms with Gasteiger partial charge in [-0.15, -0.1) is 0 Å². The van der Waals surface area contributed by atoms with Gasteiger partial charge < -0.3 is 54.9 Å². The maximum Gasteiger partial charge on any atom is 4.00 e. The smallest absolute Gasteiger partial charge is 0.543 e. The molecule has 2 rings (SSSR count). The second-order valence-corrected chi connectivity index (χ2v) is 3.97. The van der Waals surface area contributed by atoms with Crippen molar-refractivity contribution >= 4 is 23.9 Å². The van der Waals surface area contributed by atoms with Crippen LogP contribution in [-0.2, 0) is 26.2 Å². The van der Waals surface area contributed by atoms with Gasteiger partial charge in [0.15, 0.2) is 0 Å². The Morgan fingerprint density at radius 1 is 0.548 bits per heavy atom. The Morgan fingerprint density at radius 3 is 0.839 bits per heavy atom. The first kappa shape index (κ1) is 35.4. The molecule has 0 aliphatic rings. The van der Waals surface area contributed by atoms with Gasteiger partial charge in [0.25, 0.3) is 0 Å². The Hall–Kier alpha value is -3.06. The zero-order chi connectivity index (χ0) is 24.3. The molecule has 14 heteroatoms. The van der Waals surface area contributed by atoms with Crippen molar-refractivity contribution in [3.05, 3.63) is 59.2 Å². The molecule has 0 radical (unpaired) electrons. The van der Waals surface area contributed by atoms with Gasteiger partial charge in [-0.25, -0.2) is 9.97 Å². The number of hydrogen-bond acceptors (Lipinski definition) is 13. The van der Waals surface area contributed by atoms with Gasteiger partial charge in [0.05, 0.1) is 46.7 Å². The van der Waals surface area contributed by atoms with E-state index in [1.54, 1.807) is 0 Å². The summed E-state index contributed by atoms with van der Waals surface area (Å²) < 4.78 is 0. The summed E-state index contributed by atoms with van der Waals surface area (Å²) in [5.74, 6) is -6.06. The number of carboxylic acids is 4. The summed E-state index contributed by atoms with van der Waals surface area (Å²) in [5.41, 5.74) is -1.68. The van der Waals surface area contributed by atoms with E-state index in [1.165, 1.54) is 12.1 Å². The molecule has 0 saturated heterocycles. The second-order valence-electron chi connectivity index (χ2n) is 3.97. The van der Waals surface area contributed by atoms with E-state index in [4.69, 9.17) is 15.3 Å². The number of rotatable bonds is 4. The molecular weight excluding hydrogens is 499 g/mol. The molecule has 13 nitrogen and oxygen atoms in total. The van der Waals surface area contributed by atoms with Gasteiger partial charge in [0, 0.05) is 21.3 Å². The summed E-state index contributed by atoms with van der Waals surface area (Å²) >= 11 is 0. The summed E-state index contributed by atoms with van der Waals surface area (Å²) in [7, 11) is 3.00. The molecule has 0 aliphatic heterocycles. The maximum absolute atomic E-state index is 10.2. The monoisotopic (exact) mass is 516 g/mol. The molecule has 31 heavy (non-hydrogen) atoms. The van der Waals surface area contributed by atoms with Crippen LogP contribution in [0.5, 0.6) is 0 Å². The Kier molecular flexibility index (Phi) is 24.7. The van der Waals surface area contributed by atoms with E-state index in [0.717, 1.165) is 45.6 Å². The maximum atomic E-state index is 10.2. The minimum Gasteiger partial charge on any atom is -0.543 e. The Labute approximate surface area is 195 Å². The normalized spacial score (nSPS) is 7.81. The largest absolute Gasteiger partial charge is 4.00 e. The van der Waals surface area contributed by atoms with Crippen LogP contribution in [-0.4, -0.2) is 70.5 Å². The first-order valence-electron chi connectivity index (χ1n) is 7.36. The third-order valence-corrected chi connectivity index (χ3v) is 2.33. The zero-order valence-electron chi connectivity index (χ0n) is 16.5. The third kappa shape index (κ3) is 15.4. The predicted molar refractivity (Wildman–Crippen MR) is 90.2 cm³/mol. The molecule has 166 valence electrons. The first-order chi connectivity index (χ1) is 14.2. The molecule has 3 N–H and O–H groups in total. The van der Waals surface area contributed by atoms with Gasteiger partial charge in [-0.05, 0) is 24.3 Å². The third-order valence-electron chi connectivity index (χ3n) is 2.33. The van der Waals surface area contributed by atoms with Gasteiger partial charge >= 0.3 is 26.2 Å². The SMILES string of the molecule is CO.CO.CO.O=C([O-])c1cccc(C(=O)[O-])n1.O=C([O-])c1cccc(C(=O)[O-])n1.[Zr+4]. The molecule has 0 aliphatic carbocycles. The van der Waals surface area contributed by atoms with Gasteiger partial charge in [0.1, 0.15) is 0 Å². The van der Waals surface area contributed by atoms with Crippen molar-refractivity contribution in [1.29, 1.82) is 0 Å². The van der Waals surface area contributed by atoms with Crippen LogP contribution in [0, 0.1) is 0 Å². The van der Waals surface area contributed by atoms with E-state index in [2.05, 4.69) is 9.97 Å². The molecule has 2 heterocycles. The average molecular weight is 518 g/mol. The van der Waals surface area contributed by atoms with Gasteiger partial charge in [0.2, 0.25) is 0 Å². The van der Waals surface area contributed by atoms with Crippen LogP contribution in [0.1, 0.15) is 42.0 Å². The fraction of sp³-hybridized carbons (Fsp3) is 0.176. The fourth-order valence-corrected chi connectivity index (χ4v) is 1.32. The molecule has 0 saturated carbocycles. The minimum absolute atomic E-state index is 0. The number of aromatic nitrogens is 2. The minimum atomic E-state index is -1.52. The molecule has 2 aromatic heterocycles. The van der Waals surface area contributed by atoms with Crippen LogP contribution in [0.25, 0.3) is 0 Å². The number of carboxylic acid groups (broad SMARTS) is 4. The van der Waals surface area contributed by atoms with Crippen molar-refractivity contribution in [2.75, 3.05) is 21.3 Å². The summed E-state index contributed by atoms with van der Waals surface area (Å²) in [6.07, 6.45) is 0. The Bertz CT molecular complexity index is 690.